The third-order valence-electron chi connectivity index (χ3n) is 2.73. The van der Waals surface area contributed by atoms with Crippen molar-refractivity contribution in [2.45, 2.75) is 24.7 Å². The number of sulfone groups is 1. The number of hydrogen-bond acceptors (Lipinski definition) is 3. The highest BCUT2D eigenvalue weighted by molar-refractivity contribution is 7.91. The average molecular weight is 254 g/mol. The number of benzene rings is 1. The van der Waals surface area contributed by atoms with Crippen LogP contribution in [-0.2, 0) is 14.6 Å². The standard InChI is InChI=1S/C12H15NO3S/c1-10-4-6-11(7-5-10)17(15,16)9-13-8-2-3-12(13)14/h4-7H,2-3,8-9H2,1H3/i9D. The van der Waals surface area contributed by atoms with Crippen molar-refractivity contribution >= 4 is 15.7 Å². The molecule has 1 aromatic rings. The van der Waals surface area contributed by atoms with Gasteiger partial charge in [0.25, 0.3) is 0 Å². The summed E-state index contributed by atoms with van der Waals surface area (Å²) >= 11 is 0. The van der Waals surface area contributed by atoms with Gasteiger partial charge < -0.3 is 4.90 Å². The Balaban J connectivity index is 2.30. The van der Waals surface area contributed by atoms with Crippen LogP contribution in [0, 0.1) is 6.92 Å². The summed E-state index contributed by atoms with van der Waals surface area (Å²) in [6.07, 6.45) is 0.955. The minimum atomic E-state index is -3.80. The fourth-order valence-electron chi connectivity index (χ4n) is 1.74. The Bertz CT molecular complexity index is 553. The smallest absolute Gasteiger partial charge is 0.223 e. The fourth-order valence-corrected chi connectivity index (χ4v) is 2.93. The normalized spacial score (nSPS) is 19.2. The molecule has 1 amide bonds. The number of aryl methyl sites for hydroxylation is 1. The summed E-state index contributed by atoms with van der Waals surface area (Å²) in [4.78, 5) is 12.7. The van der Waals surface area contributed by atoms with Gasteiger partial charge in [-0.3, -0.25) is 4.79 Å². The maximum Gasteiger partial charge on any atom is 0.223 e. The van der Waals surface area contributed by atoms with E-state index in [2.05, 4.69) is 0 Å². The van der Waals surface area contributed by atoms with Crippen LogP contribution in [0.3, 0.4) is 0 Å². The van der Waals surface area contributed by atoms with E-state index in [1.54, 1.807) is 12.1 Å². The molecule has 0 bridgehead atoms. The first kappa shape index (κ1) is 10.8. The van der Waals surface area contributed by atoms with Gasteiger partial charge in [-0.1, -0.05) is 17.7 Å². The number of carbonyl (C=O) groups excluding carboxylic acids is 1. The van der Waals surface area contributed by atoms with E-state index in [4.69, 9.17) is 1.37 Å². The van der Waals surface area contributed by atoms with Gasteiger partial charge in [-0.15, -0.1) is 0 Å². The van der Waals surface area contributed by atoms with E-state index >= 15 is 0 Å². The van der Waals surface area contributed by atoms with E-state index in [1.165, 1.54) is 12.1 Å². The Morgan fingerprint density at radius 1 is 1.35 bits per heavy atom. The van der Waals surface area contributed by atoms with Crippen molar-refractivity contribution in [1.82, 2.24) is 4.90 Å². The molecule has 0 aliphatic carbocycles. The molecule has 0 N–H and O–H groups in total. The topological polar surface area (TPSA) is 54.5 Å². The van der Waals surface area contributed by atoms with Gasteiger partial charge in [0.15, 0.2) is 9.84 Å². The first-order valence-electron chi connectivity index (χ1n) is 6.03. The lowest BCUT2D eigenvalue weighted by molar-refractivity contribution is -0.126. The zero-order valence-corrected chi connectivity index (χ0v) is 10.4. The number of likely N-dealkylation sites (tertiary alicyclic amines) is 1. The van der Waals surface area contributed by atoms with E-state index in [9.17, 15) is 13.2 Å². The number of amides is 1. The number of hydrogen-bond donors (Lipinski definition) is 0. The third-order valence-corrected chi connectivity index (χ3v) is 4.19. The van der Waals surface area contributed by atoms with E-state index in [0.29, 0.717) is 19.4 Å². The lowest BCUT2D eigenvalue weighted by Crippen LogP contribution is -2.30. The Labute approximate surface area is 103 Å². The van der Waals surface area contributed by atoms with Gasteiger partial charge in [-0.25, -0.2) is 8.42 Å². The number of nitrogens with zero attached hydrogens (tertiary/aromatic N) is 1. The van der Waals surface area contributed by atoms with Crippen molar-refractivity contribution in [2.24, 2.45) is 0 Å². The molecule has 1 aromatic carbocycles. The molecule has 2 rings (SSSR count). The SMILES string of the molecule is [2H]C(N1CCCC1=O)S(=O)(=O)c1ccc(C)cc1. The van der Waals surface area contributed by atoms with E-state index in [1.807, 2.05) is 6.92 Å². The predicted molar refractivity (Wildman–Crippen MR) is 64.2 cm³/mol. The molecule has 1 fully saturated rings. The molecule has 0 saturated carbocycles. The van der Waals surface area contributed by atoms with Crippen LogP contribution in [0.1, 0.15) is 19.8 Å². The monoisotopic (exact) mass is 254 g/mol. The quantitative estimate of drug-likeness (QED) is 0.818. The molecule has 0 spiro atoms. The van der Waals surface area contributed by atoms with E-state index < -0.39 is 15.7 Å². The molecular weight excluding hydrogens is 238 g/mol. The Morgan fingerprint density at radius 2 is 2.00 bits per heavy atom. The van der Waals surface area contributed by atoms with Gasteiger partial charge in [-0.2, -0.15) is 0 Å². The van der Waals surface area contributed by atoms with Gasteiger partial charge in [0.1, 0.15) is 5.85 Å². The number of carbonyl (C=O) groups is 1. The highest BCUT2D eigenvalue weighted by Crippen LogP contribution is 2.17. The first-order valence-corrected chi connectivity index (χ1v) is 7.00. The Hall–Kier alpha value is -1.36. The first-order chi connectivity index (χ1) is 8.43. The van der Waals surface area contributed by atoms with Crippen LogP contribution < -0.4 is 0 Å². The second kappa shape index (κ2) is 4.49. The second-order valence-electron chi connectivity index (χ2n) is 4.15. The highest BCUT2D eigenvalue weighted by atomic mass is 32.2. The van der Waals surface area contributed by atoms with E-state index in [0.717, 1.165) is 10.5 Å². The fraction of sp³-hybridized carbons (Fsp3) is 0.417. The molecule has 1 aliphatic rings. The molecule has 4 nitrogen and oxygen atoms in total. The molecule has 1 unspecified atom stereocenters. The third kappa shape index (κ3) is 2.66. The number of rotatable bonds is 3. The van der Waals surface area contributed by atoms with Crippen molar-refractivity contribution in [1.29, 1.82) is 0 Å². The molecule has 1 atom stereocenters. The van der Waals surface area contributed by atoms with Crippen molar-refractivity contribution in [2.75, 3.05) is 12.4 Å². The summed E-state index contributed by atoms with van der Waals surface area (Å²) in [6.45, 7) is 2.21. The molecule has 0 aromatic heterocycles. The average Bonchev–Trinajstić information content (AvgIpc) is 2.75. The van der Waals surface area contributed by atoms with Crippen LogP contribution in [0.2, 0.25) is 0 Å². The van der Waals surface area contributed by atoms with Crippen LogP contribution in [0.25, 0.3) is 0 Å². The van der Waals surface area contributed by atoms with Crippen molar-refractivity contribution < 1.29 is 14.6 Å². The van der Waals surface area contributed by atoms with Gasteiger partial charge in [0.2, 0.25) is 5.91 Å². The van der Waals surface area contributed by atoms with Crippen LogP contribution in [0.15, 0.2) is 29.2 Å². The Kier molecular flexibility index (Phi) is 2.84. The van der Waals surface area contributed by atoms with Gasteiger partial charge in [0, 0.05) is 13.0 Å². The second-order valence-corrected chi connectivity index (χ2v) is 5.93. The summed E-state index contributed by atoms with van der Waals surface area (Å²) in [5.74, 6) is -1.79. The molecule has 1 aliphatic heterocycles. The molecule has 17 heavy (non-hydrogen) atoms. The molecule has 1 saturated heterocycles. The lowest BCUT2D eigenvalue weighted by atomic mass is 10.2. The lowest BCUT2D eigenvalue weighted by Gasteiger charge is -2.15. The van der Waals surface area contributed by atoms with E-state index in [-0.39, 0.29) is 10.8 Å². The highest BCUT2D eigenvalue weighted by Gasteiger charge is 2.26. The maximum absolute atomic E-state index is 12.2. The zero-order valence-electron chi connectivity index (χ0n) is 10.6. The maximum atomic E-state index is 12.2. The zero-order chi connectivity index (χ0) is 13.3. The minimum Gasteiger partial charge on any atom is -0.328 e. The molecular formula is C12H15NO3S. The van der Waals surface area contributed by atoms with Gasteiger partial charge in [0.05, 0.1) is 6.27 Å². The summed E-state index contributed by atoms with van der Waals surface area (Å²) < 4.78 is 32.2. The summed E-state index contributed by atoms with van der Waals surface area (Å²) in [7, 11) is -3.80. The summed E-state index contributed by atoms with van der Waals surface area (Å²) in [5, 5.41) is 0. The largest absolute Gasteiger partial charge is 0.328 e. The van der Waals surface area contributed by atoms with Crippen molar-refractivity contribution in [3.8, 4) is 0 Å². The van der Waals surface area contributed by atoms with Gasteiger partial charge in [-0.05, 0) is 25.5 Å². The van der Waals surface area contributed by atoms with Crippen LogP contribution in [0.5, 0.6) is 0 Å². The molecule has 0 radical (unpaired) electrons. The van der Waals surface area contributed by atoms with Crippen molar-refractivity contribution in [3.63, 3.8) is 0 Å². The predicted octanol–water partition coefficient (Wildman–Crippen LogP) is 1.35. The molecule has 5 heteroatoms. The van der Waals surface area contributed by atoms with Gasteiger partial charge >= 0.3 is 0 Å². The molecule has 1 heterocycles. The van der Waals surface area contributed by atoms with Crippen molar-refractivity contribution in [3.05, 3.63) is 29.8 Å². The van der Waals surface area contributed by atoms with Crippen LogP contribution in [-0.4, -0.2) is 31.6 Å². The summed E-state index contributed by atoms with van der Waals surface area (Å²) in [6, 6.07) is 6.33. The summed E-state index contributed by atoms with van der Waals surface area (Å²) in [5.41, 5.74) is 0.952. The minimum absolute atomic E-state index is 0.0906. The van der Waals surface area contributed by atoms with Crippen LogP contribution >= 0.6 is 0 Å². The van der Waals surface area contributed by atoms with Crippen LogP contribution in [0.4, 0.5) is 0 Å². The Morgan fingerprint density at radius 3 is 2.53 bits per heavy atom. The molecule has 92 valence electrons.